The molecular formula is C37H40F4N8O3. The number of carbonyl (C=O) groups is 1. The zero-order valence-electron chi connectivity index (χ0n) is 29.4. The average molecular weight is 721 g/mol. The molecule has 52 heavy (non-hydrogen) atoms. The molecule has 0 bridgehead atoms. The first-order valence-corrected chi connectivity index (χ1v) is 17.0. The van der Waals surface area contributed by atoms with Crippen LogP contribution in [0.15, 0.2) is 36.4 Å². The summed E-state index contributed by atoms with van der Waals surface area (Å²) in [7, 11) is 3.32. The van der Waals surface area contributed by atoms with E-state index in [0.717, 1.165) is 48.8 Å². The maximum absolute atomic E-state index is 15.7. The number of hydrogen-bond donors (Lipinski definition) is 1. The van der Waals surface area contributed by atoms with E-state index in [-0.39, 0.29) is 37.1 Å². The molecule has 0 aliphatic carbocycles. The Bertz CT molecular complexity index is 2030. The zero-order valence-corrected chi connectivity index (χ0v) is 29.4. The number of anilines is 2. The van der Waals surface area contributed by atoms with Gasteiger partial charge < -0.3 is 25.0 Å². The average Bonchev–Trinajstić information content (AvgIpc) is 3.66. The molecule has 0 saturated carbocycles. The lowest BCUT2D eigenvalue weighted by Gasteiger charge is -2.33. The van der Waals surface area contributed by atoms with Crippen LogP contribution in [0.3, 0.4) is 0 Å². The fourth-order valence-corrected chi connectivity index (χ4v) is 7.91. The van der Waals surface area contributed by atoms with Gasteiger partial charge in [-0.05, 0) is 38.3 Å². The molecule has 1 aromatic carbocycles. The summed E-state index contributed by atoms with van der Waals surface area (Å²) in [5.74, 6) is 3.96. The van der Waals surface area contributed by atoms with Crippen LogP contribution in [0.2, 0.25) is 0 Å². The number of amides is 1. The van der Waals surface area contributed by atoms with Crippen LogP contribution >= 0.6 is 0 Å². The summed E-state index contributed by atoms with van der Waals surface area (Å²) in [6.07, 6.45) is -4.42. The minimum atomic E-state index is -4.94. The highest BCUT2D eigenvalue weighted by Gasteiger charge is 2.48. The third-order valence-electron chi connectivity index (χ3n) is 10.1. The summed E-state index contributed by atoms with van der Waals surface area (Å²) < 4.78 is 73.8. The first-order valence-electron chi connectivity index (χ1n) is 17.0. The second kappa shape index (κ2) is 13.2. The van der Waals surface area contributed by atoms with E-state index >= 15 is 4.39 Å². The summed E-state index contributed by atoms with van der Waals surface area (Å²) in [6.45, 7) is 12.7. The van der Waals surface area contributed by atoms with Crippen molar-refractivity contribution < 1.29 is 31.8 Å². The number of rotatable bonds is 6. The number of nitrogens with two attached hydrogens (primary N) is 1. The summed E-state index contributed by atoms with van der Waals surface area (Å²) in [6, 6.07) is 2.70. The third-order valence-corrected chi connectivity index (χ3v) is 10.1. The van der Waals surface area contributed by atoms with Gasteiger partial charge >= 0.3 is 12.2 Å². The van der Waals surface area contributed by atoms with E-state index in [4.69, 9.17) is 25.2 Å². The van der Waals surface area contributed by atoms with E-state index in [1.807, 2.05) is 4.90 Å². The molecule has 1 atom stereocenters. The maximum Gasteiger partial charge on any atom is 0.418 e. The van der Waals surface area contributed by atoms with Crippen LogP contribution in [0.25, 0.3) is 0 Å². The normalized spacial score (nSPS) is 19.8. The Morgan fingerprint density at radius 1 is 1.15 bits per heavy atom. The molecule has 6 heterocycles. The Labute approximate surface area is 299 Å². The molecule has 3 aromatic rings. The molecule has 0 radical (unpaired) electrons. The molecule has 1 amide bonds. The number of benzene rings is 1. The molecule has 4 aliphatic rings. The van der Waals surface area contributed by atoms with Gasteiger partial charge in [0.25, 0.3) is 5.91 Å². The van der Waals surface area contributed by atoms with Gasteiger partial charge in [0.15, 0.2) is 11.5 Å². The lowest BCUT2D eigenvalue weighted by molar-refractivity contribution is -0.140. The maximum atomic E-state index is 15.7. The molecule has 0 spiro atoms. The Kier molecular flexibility index (Phi) is 9.03. The minimum Gasteiger partial charge on any atom is -0.461 e. The summed E-state index contributed by atoms with van der Waals surface area (Å²) in [4.78, 5) is 28.1. The number of halogens is 4. The molecular weight excluding hydrogens is 680 g/mol. The van der Waals surface area contributed by atoms with Gasteiger partial charge in [-0.2, -0.15) is 28.2 Å². The number of ether oxygens (including phenoxy) is 2. The minimum absolute atomic E-state index is 0.0432. The van der Waals surface area contributed by atoms with E-state index < -0.39 is 40.5 Å². The summed E-state index contributed by atoms with van der Waals surface area (Å²) in [5, 5.41) is 4.54. The summed E-state index contributed by atoms with van der Waals surface area (Å²) in [5.41, 5.74) is 6.93. The molecule has 2 aromatic heterocycles. The van der Waals surface area contributed by atoms with Crippen molar-refractivity contribution in [3.05, 3.63) is 81.6 Å². The van der Waals surface area contributed by atoms with Crippen LogP contribution in [-0.4, -0.2) is 81.3 Å². The van der Waals surface area contributed by atoms with E-state index in [1.54, 1.807) is 24.8 Å². The van der Waals surface area contributed by atoms with Gasteiger partial charge in [-0.25, -0.2) is 4.39 Å². The number of alkyl halides is 3. The Balaban J connectivity index is 1.29. The number of nitrogens with zero attached hydrogens (tertiary/aromatic N) is 7. The monoisotopic (exact) mass is 720 g/mol. The Morgan fingerprint density at radius 3 is 2.56 bits per heavy atom. The molecule has 11 nitrogen and oxygen atoms in total. The van der Waals surface area contributed by atoms with E-state index in [9.17, 15) is 18.0 Å². The lowest BCUT2D eigenvalue weighted by Crippen LogP contribution is -2.43. The van der Waals surface area contributed by atoms with Gasteiger partial charge in [0.1, 0.15) is 12.4 Å². The largest absolute Gasteiger partial charge is 0.461 e. The third kappa shape index (κ3) is 6.38. The first kappa shape index (κ1) is 35.5. The molecule has 2 N–H and O–H groups in total. The quantitative estimate of drug-likeness (QED) is 0.162. The molecule has 15 heteroatoms. The fourth-order valence-electron chi connectivity index (χ4n) is 7.91. The van der Waals surface area contributed by atoms with Crippen LogP contribution < -0.4 is 15.4 Å². The summed E-state index contributed by atoms with van der Waals surface area (Å²) >= 11 is 0. The Hall–Kier alpha value is -4.94. The zero-order chi connectivity index (χ0) is 37.1. The lowest BCUT2D eigenvalue weighted by atomic mass is 9.90. The molecule has 4 aliphatic heterocycles. The molecule has 7 rings (SSSR count). The van der Waals surface area contributed by atoms with Crippen LogP contribution in [0.1, 0.15) is 76.4 Å². The number of nitrogen functional groups attached to an aromatic ring is 1. The number of fused-ring (bicyclic) bond motifs is 3. The highest BCUT2D eigenvalue weighted by Crippen LogP contribution is 2.46. The van der Waals surface area contributed by atoms with Crippen LogP contribution in [0.5, 0.6) is 6.01 Å². The standard InChI is InChI=1S/C37H40F4N8O3/c1-6-8-23-11-26(42)32(38)30(31(23)37(39,40)41)29-13-27-25(19-51-29)33(47-9-7-10-49-24(18-47)12-28(45-49)34(50)46(4)5)44-35(43-27)52-20-36-14-21(2)16-48(36)17-22(3)15-36/h11-12,29H,2-3,7,9-10,13-20,42H2,1,4-5H3/t29-/m1/s1. The first-order chi connectivity index (χ1) is 24.7. The van der Waals surface area contributed by atoms with Gasteiger partial charge in [0, 0.05) is 63.4 Å². The number of aryl methyl sites for hydroxylation is 1. The Morgan fingerprint density at radius 2 is 1.88 bits per heavy atom. The van der Waals surface area contributed by atoms with Gasteiger partial charge in [-0.15, -0.1) is 5.92 Å². The second-order valence-electron chi connectivity index (χ2n) is 14.2. The van der Waals surface area contributed by atoms with Gasteiger partial charge in [-0.1, -0.05) is 30.2 Å². The number of carbonyl (C=O) groups excluding carboxylic acids is 1. The van der Waals surface area contributed by atoms with Crippen molar-refractivity contribution >= 4 is 17.4 Å². The van der Waals surface area contributed by atoms with Gasteiger partial charge in [-0.3, -0.25) is 14.4 Å². The highest BCUT2D eigenvalue weighted by atomic mass is 19.4. The van der Waals surface area contributed by atoms with Crippen molar-refractivity contribution in [2.45, 2.75) is 70.1 Å². The fraction of sp³-hybridized carbons (Fsp3) is 0.459. The van der Waals surface area contributed by atoms with Crippen molar-refractivity contribution in [3.8, 4) is 17.9 Å². The SMILES string of the molecule is C=C1CN2CC(=C)CC2(COc2nc3c(c(N4CCCn5nc(C(=O)N(C)C)cc5C4)n2)CO[C@@H](c2c(F)c(N)cc(C#CC)c2C(F)(F)F)C3)C1. The van der Waals surface area contributed by atoms with Crippen LogP contribution in [0.4, 0.5) is 29.1 Å². The molecule has 274 valence electrons. The van der Waals surface area contributed by atoms with Crippen molar-refractivity contribution in [2.75, 3.05) is 51.0 Å². The second-order valence-corrected chi connectivity index (χ2v) is 14.2. The molecule has 2 fully saturated rings. The topological polar surface area (TPSA) is 115 Å². The molecule has 0 unspecified atom stereocenters. The predicted octanol–water partition coefficient (Wildman–Crippen LogP) is 5.05. The van der Waals surface area contributed by atoms with E-state index in [1.165, 1.54) is 11.8 Å². The van der Waals surface area contributed by atoms with Gasteiger partial charge in [0.05, 0.1) is 47.4 Å². The van der Waals surface area contributed by atoms with E-state index in [2.05, 4.69) is 35.0 Å². The van der Waals surface area contributed by atoms with E-state index in [0.29, 0.717) is 48.8 Å². The smallest absolute Gasteiger partial charge is 0.418 e. The van der Waals surface area contributed by atoms with Crippen molar-refractivity contribution in [2.24, 2.45) is 0 Å². The van der Waals surface area contributed by atoms with Gasteiger partial charge in [0.2, 0.25) is 0 Å². The van der Waals surface area contributed by atoms with Crippen LogP contribution in [-0.2, 0) is 37.0 Å². The molecule has 2 saturated heterocycles. The number of hydrogen-bond acceptors (Lipinski definition) is 9. The predicted molar refractivity (Wildman–Crippen MR) is 185 cm³/mol. The van der Waals surface area contributed by atoms with Crippen LogP contribution in [0, 0.1) is 17.7 Å². The number of aromatic nitrogens is 4. The van der Waals surface area contributed by atoms with Crippen molar-refractivity contribution in [1.82, 2.24) is 29.5 Å². The van der Waals surface area contributed by atoms with Crippen molar-refractivity contribution in [3.63, 3.8) is 0 Å². The van der Waals surface area contributed by atoms with Crippen molar-refractivity contribution in [1.29, 1.82) is 0 Å². The highest BCUT2D eigenvalue weighted by molar-refractivity contribution is 5.92.